The van der Waals surface area contributed by atoms with E-state index < -0.39 is 15.7 Å². The molecule has 1 fully saturated rings. The van der Waals surface area contributed by atoms with Gasteiger partial charge in [-0.1, -0.05) is 32.9 Å². The number of para-hydroxylation sites is 1. The highest BCUT2D eigenvalue weighted by molar-refractivity contribution is 7.86. The van der Waals surface area contributed by atoms with Crippen molar-refractivity contribution in [2.75, 3.05) is 6.54 Å². The molecule has 3 atom stereocenters. The van der Waals surface area contributed by atoms with Gasteiger partial charge in [-0.15, -0.1) is 0 Å². The lowest BCUT2D eigenvalue weighted by Gasteiger charge is -2.31. The zero-order valence-corrected chi connectivity index (χ0v) is 13.5. The van der Waals surface area contributed by atoms with Crippen molar-refractivity contribution in [2.45, 2.75) is 49.8 Å². The summed E-state index contributed by atoms with van der Waals surface area (Å²) in [5.41, 5.74) is 0.00989. The Balaban J connectivity index is 2.34. The summed E-state index contributed by atoms with van der Waals surface area (Å²) in [6, 6.07) is 6.48. The zero-order valence-electron chi connectivity index (χ0n) is 12.7. The molecular weight excluding hydrogens is 288 g/mol. The molecule has 5 nitrogen and oxygen atoms in total. The second-order valence-electron chi connectivity index (χ2n) is 6.12. The molecule has 0 radical (unpaired) electrons. The van der Waals surface area contributed by atoms with Gasteiger partial charge in [0.25, 0.3) is 5.69 Å². The van der Waals surface area contributed by atoms with E-state index >= 15 is 0 Å². The average Bonchev–Trinajstić information content (AvgIpc) is 2.74. The Labute approximate surface area is 127 Å². The number of rotatable bonds is 5. The van der Waals surface area contributed by atoms with Gasteiger partial charge in [0.05, 0.1) is 21.0 Å². The third-order valence-electron chi connectivity index (χ3n) is 4.26. The fraction of sp³-hybridized carbons (Fsp3) is 0.600. The van der Waals surface area contributed by atoms with Gasteiger partial charge in [0.15, 0.2) is 0 Å². The van der Waals surface area contributed by atoms with Crippen LogP contribution in [-0.4, -0.2) is 27.0 Å². The minimum atomic E-state index is -1.37. The van der Waals surface area contributed by atoms with E-state index in [0.29, 0.717) is 4.90 Å². The molecule has 0 amide bonds. The molecule has 21 heavy (non-hydrogen) atoms. The fourth-order valence-electron chi connectivity index (χ4n) is 3.14. The van der Waals surface area contributed by atoms with Gasteiger partial charge in [-0.05, 0) is 30.9 Å². The highest BCUT2D eigenvalue weighted by Crippen LogP contribution is 2.42. The van der Waals surface area contributed by atoms with Crippen molar-refractivity contribution in [2.24, 2.45) is 5.41 Å². The van der Waals surface area contributed by atoms with Crippen molar-refractivity contribution in [3.05, 3.63) is 34.4 Å². The number of nitro groups is 1. The first-order chi connectivity index (χ1) is 9.88. The standard InChI is InChI=1S/C15H22N2O3S/c1-4-16-14-13(9-10-15(14,2)3)21(20)12-8-6-5-7-11(12)17(18)19/h5-8,13-14,16H,4,9-10H2,1-3H3. The van der Waals surface area contributed by atoms with Gasteiger partial charge in [-0.2, -0.15) is 0 Å². The summed E-state index contributed by atoms with van der Waals surface area (Å²) in [4.78, 5) is 11.0. The van der Waals surface area contributed by atoms with Crippen molar-refractivity contribution in [3.8, 4) is 0 Å². The number of hydrogen-bond acceptors (Lipinski definition) is 4. The van der Waals surface area contributed by atoms with E-state index in [4.69, 9.17) is 0 Å². The largest absolute Gasteiger partial charge is 0.313 e. The van der Waals surface area contributed by atoms with Crippen molar-refractivity contribution < 1.29 is 9.13 Å². The van der Waals surface area contributed by atoms with Crippen molar-refractivity contribution >= 4 is 16.5 Å². The minimum absolute atomic E-state index is 0.0456. The summed E-state index contributed by atoms with van der Waals surface area (Å²) in [5, 5.41) is 14.5. The quantitative estimate of drug-likeness (QED) is 0.670. The Hall–Kier alpha value is -1.27. The van der Waals surface area contributed by atoms with E-state index in [0.717, 1.165) is 19.4 Å². The molecule has 1 saturated carbocycles. The molecule has 2 rings (SSSR count). The smallest absolute Gasteiger partial charge is 0.285 e. The Morgan fingerprint density at radius 2 is 2.10 bits per heavy atom. The number of nitrogens with one attached hydrogen (secondary N) is 1. The Morgan fingerprint density at radius 1 is 1.43 bits per heavy atom. The van der Waals surface area contributed by atoms with Gasteiger partial charge < -0.3 is 5.32 Å². The average molecular weight is 310 g/mol. The first kappa shape index (κ1) is 16.1. The third kappa shape index (κ3) is 3.16. The lowest BCUT2D eigenvalue weighted by atomic mass is 9.87. The van der Waals surface area contributed by atoms with Crippen LogP contribution in [-0.2, 0) is 10.8 Å². The molecule has 1 aromatic carbocycles. The topological polar surface area (TPSA) is 72.2 Å². The normalized spacial score (nSPS) is 25.7. The predicted molar refractivity (Wildman–Crippen MR) is 83.8 cm³/mol. The zero-order chi connectivity index (χ0) is 15.6. The highest BCUT2D eigenvalue weighted by Gasteiger charge is 2.45. The molecular formula is C15H22N2O3S. The molecule has 0 saturated heterocycles. The molecule has 0 aromatic heterocycles. The van der Waals surface area contributed by atoms with E-state index in [-0.39, 0.29) is 22.4 Å². The summed E-state index contributed by atoms with van der Waals surface area (Å²) in [5.74, 6) is 0. The molecule has 3 unspecified atom stereocenters. The highest BCUT2D eigenvalue weighted by atomic mass is 32.2. The van der Waals surface area contributed by atoms with Gasteiger partial charge in [0.2, 0.25) is 0 Å². The monoisotopic (exact) mass is 310 g/mol. The number of benzene rings is 1. The van der Waals surface area contributed by atoms with Crippen LogP contribution in [0, 0.1) is 15.5 Å². The van der Waals surface area contributed by atoms with Crippen LogP contribution >= 0.6 is 0 Å². The van der Waals surface area contributed by atoms with Gasteiger partial charge in [-0.3, -0.25) is 14.3 Å². The Bertz CT molecular complexity index is 560. The van der Waals surface area contributed by atoms with Crippen LogP contribution in [0.25, 0.3) is 0 Å². The molecule has 1 N–H and O–H groups in total. The summed E-state index contributed by atoms with van der Waals surface area (Å²) in [6.07, 6.45) is 1.80. The predicted octanol–water partition coefficient (Wildman–Crippen LogP) is 2.87. The molecule has 0 heterocycles. The number of hydrogen-bond donors (Lipinski definition) is 1. The molecule has 0 aliphatic heterocycles. The summed E-state index contributed by atoms with van der Waals surface area (Å²) in [6.45, 7) is 7.16. The molecule has 0 bridgehead atoms. The second kappa shape index (κ2) is 6.23. The first-order valence-electron chi connectivity index (χ1n) is 7.26. The van der Waals surface area contributed by atoms with Crippen molar-refractivity contribution in [3.63, 3.8) is 0 Å². The maximum absolute atomic E-state index is 12.9. The van der Waals surface area contributed by atoms with Gasteiger partial charge in [0, 0.05) is 12.1 Å². The van der Waals surface area contributed by atoms with Crippen LogP contribution in [0.2, 0.25) is 0 Å². The Kier molecular flexibility index (Phi) is 4.78. The second-order valence-corrected chi connectivity index (χ2v) is 7.76. The number of nitrogens with zero attached hydrogens (tertiary/aromatic N) is 1. The van der Waals surface area contributed by atoms with Crippen LogP contribution in [0.4, 0.5) is 5.69 Å². The number of nitro benzene ring substituents is 1. The lowest BCUT2D eigenvalue weighted by Crippen LogP contribution is -2.46. The fourth-order valence-corrected chi connectivity index (χ4v) is 5.07. The van der Waals surface area contributed by atoms with Gasteiger partial charge >= 0.3 is 0 Å². The molecule has 1 aliphatic rings. The molecule has 1 aromatic rings. The van der Waals surface area contributed by atoms with Crippen LogP contribution < -0.4 is 5.32 Å². The van der Waals surface area contributed by atoms with Crippen LogP contribution in [0.1, 0.15) is 33.6 Å². The first-order valence-corrected chi connectivity index (χ1v) is 8.47. The maximum atomic E-state index is 12.9. The lowest BCUT2D eigenvalue weighted by molar-refractivity contribution is -0.387. The SMILES string of the molecule is CCNC1C(S(=O)c2ccccc2[N+](=O)[O-])CCC1(C)C. The van der Waals surface area contributed by atoms with E-state index in [1.54, 1.807) is 18.2 Å². The van der Waals surface area contributed by atoms with Gasteiger partial charge in [-0.25, -0.2) is 0 Å². The van der Waals surface area contributed by atoms with E-state index in [1.165, 1.54) is 6.07 Å². The van der Waals surface area contributed by atoms with Crippen molar-refractivity contribution in [1.82, 2.24) is 5.32 Å². The van der Waals surface area contributed by atoms with Crippen LogP contribution in [0.5, 0.6) is 0 Å². The summed E-state index contributed by atoms with van der Waals surface area (Å²) in [7, 11) is -1.37. The van der Waals surface area contributed by atoms with Gasteiger partial charge in [0.1, 0.15) is 4.90 Å². The minimum Gasteiger partial charge on any atom is -0.313 e. The summed E-state index contributed by atoms with van der Waals surface area (Å²) < 4.78 is 12.9. The third-order valence-corrected chi connectivity index (χ3v) is 6.10. The van der Waals surface area contributed by atoms with E-state index in [9.17, 15) is 14.3 Å². The maximum Gasteiger partial charge on any atom is 0.285 e. The van der Waals surface area contributed by atoms with Crippen LogP contribution in [0.3, 0.4) is 0 Å². The summed E-state index contributed by atoms with van der Waals surface area (Å²) >= 11 is 0. The molecule has 6 heteroatoms. The molecule has 1 aliphatic carbocycles. The molecule has 116 valence electrons. The van der Waals surface area contributed by atoms with E-state index in [2.05, 4.69) is 19.2 Å². The Morgan fingerprint density at radius 3 is 2.71 bits per heavy atom. The van der Waals surface area contributed by atoms with Crippen LogP contribution in [0.15, 0.2) is 29.2 Å². The van der Waals surface area contributed by atoms with Crippen molar-refractivity contribution in [1.29, 1.82) is 0 Å². The van der Waals surface area contributed by atoms with E-state index in [1.807, 2.05) is 6.92 Å². The molecule has 0 spiro atoms.